The molecule has 0 heterocycles. The number of halogens is 2. The molecule has 0 aromatic carbocycles. The van der Waals surface area contributed by atoms with Crippen molar-refractivity contribution in [1.82, 2.24) is 0 Å². The Bertz CT molecular complexity index is 36.1. The van der Waals surface area contributed by atoms with Gasteiger partial charge in [0.2, 0.25) is 5.60 Å². The van der Waals surface area contributed by atoms with Crippen molar-refractivity contribution in [1.29, 1.82) is 0 Å². The molecule has 6 heavy (non-hydrogen) atoms. The van der Waals surface area contributed by atoms with Crippen LogP contribution < -0.4 is 0 Å². The Hall–Kier alpha value is 1.24. The van der Waals surface area contributed by atoms with Gasteiger partial charge in [0.05, 0.1) is 0 Å². The Balaban J connectivity index is 0. The van der Waals surface area contributed by atoms with Crippen LogP contribution in [0.4, 0.5) is 0 Å². The van der Waals surface area contributed by atoms with E-state index in [0.29, 0.717) is 0 Å². The zero-order valence-electron chi connectivity index (χ0n) is 4.75. The largest absolute Gasteiger partial charge is 1.00 e. The van der Waals surface area contributed by atoms with Crippen LogP contribution in [0.2, 0.25) is 6.04 Å². The topological polar surface area (TPSA) is 0 Å². The molecule has 0 aliphatic carbocycles. The van der Waals surface area contributed by atoms with Gasteiger partial charge >= 0.3 is 1.43 Å². The van der Waals surface area contributed by atoms with Gasteiger partial charge in [0.25, 0.3) is 0 Å². The molecule has 0 aromatic rings. The summed E-state index contributed by atoms with van der Waals surface area (Å²) in [6, 6.07) is 1.27. The molecule has 0 radical (unpaired) electrons. The summed E-state index contributed by atoms with van der Waals surface area (Å²) in [4.78, 5) is 0. The Morgan fingerprint density at radius 2 is 2.50 bits per heavy atom. The lowest BCUT2D eigenvalue weighted by Crippen LogP contribution is -1.85. The predicted octanol–water partition coefficient (Wildman–Crippen LogP) is 2.40. The summed E-state index contributed by atoms with van der Waals surface area (Å²) >= 11 is 8.05. The zero-order chi connectivity index (χ0) is 4.99. The van der Waals surface area contributed by atoms with Gasteiger partial charge in [-0.1, -0.05) is 13.3 Å². The van der Waals surface area contributed by atoms with Crippen molar-refractivity contribution in [3.63, 3.8) is 0 Å². The minimum atomic E-state index is -0.728. The van der Waals surface area contributed by atoms with E-state index < -0.39 is 5.60 Å². The summed E-state index contributed by atoms with van der Waals surface area (Å²) < 4.78 is 0. The Morgan fingerprint density at radius 1 is 2.00 bits per heavy atom. The molecule has 0 rings (SSSR count). The van der Waals surface area contributed by atoms with Gasteiger partial charge in [-0.3, -0.25) is 0 Å². The highest BCUT2D eigenvalue weighted by molar-refractivity contribution is 14.1. The summed E-state index contributed by atoms with van der Waals surface area (Å²) in [5.74, 6) is 0. The molecule has 0 saturated heterocycles. The fraction of sp³-hybridized carbons (Fsp3) is 1.00. The van der Waals surface area contributed by atoms with Crippen molar-refractivity contribution < 1.29 is 1.43 Å². The standard InChI is InChI=1S/C3H8ClISi/c1-2-3-6(4)5/h6H,2-3H2,1H3/p+1. The molecule has 0 aromatic heterocycles. The third-order valence-electron chi connectivity index (χ3n) is 0.507. The fourth-order valence-corrected chi connectivity index (χ4v) is 3.18. The first-order valence-corrected chi connectivity index (χ1v) is 8.79. The smallest absolute Gasteiger partial charge is 0.158 e. The Morgan fingerprint density at radius 3 is 2.50 bits per heavy atom. The first-order valence-electron chi connectivity index (χ1n) is 2.05. The molecule has 0 aliphatic heterocycles. The maximum Gasteiger partial charge on any atom is 1.00 e. The van der Waals surface area contributed by atoms with E-state index in [-0.39, 0.29) is 1.43 Å². The minimum absolute atomic E-state index is 0. The second kappa shape index (κ2) is 4.40. The highest BCUT2D eigenvalue weighted by atomic mass is 127. The van der Waals surface area contributed by atoms with Crippen LogP contribution in [0.3, 0.4) is 0 Å². The summed E-state index contributed by atoms with van der Waals surface area (Å²) in [6.45, 7) is 2.17. The van der Waals surface area contributed by atoms with E-state index in [0.717, 1.165) is 0 Å². The van der Waals surface area contributed by atoms with Crippen LogP contribution in [-0.2, 0) is 0 Å². The zero-order valence-corrected chi connectivity index (χ0v) is 7.82. The number of hydrogen-bond donors (Lipinski definition) is 0. The number of hydrogen-bond acceptors (Lipinski definition) is 0. The molecule has 0 bridgehead atoms. The molecule has 0 aliphatic rings. The van der Waals surface area contributed by atoms with Gasteiger partial charge in [0, 0.05) is 0 Å². The van der Waals surface area contributed by atoms with Crippen molar-refractivity contribution in [3.8, 4) is 0 Å². The maximum atomic E-state index is 5.70. The molecule has 0 nitrogen and oxygen atoms in total. The molecule has 0 spiro atoms. The van der Waals surface area contributed by atoms with Crippen molar-refractivity contribution in [3.05, 3.63) is 0 Å². The summed E-state index contributed by atoms with van der Waals surface area (Å²) in [5.41, 5.74) is -0.728. The monoisotopic (exact) mass is 235 g/mol. The van der Waals surface area contributed by atoms with Gasteiger partial charge in [-0.2, -0.15) is 11.1 Å². The lowest BCUT2D eigenvalue weighted by atomic mass is 10.6. The summed E-state index contributed by atoms with van der Waals surface area (Å²) in [7, 11) is 0. The predicted molar refractivity (Wildman–Crippen MR) is 43.2 cm³/mol. The number of rotatable bonds is 2. The van der Waals surface area contributed by atoms with E-state index in [9.17, 15) is 0 Å². The van der Waals surface area contributed by atoms with Gasteiger partial charge in [-0.05, 0) is 6.04 Å². The first-order chi connectivity index (χ1) is 2.77. The SMILES string of the molecule is CCC[SiH](Cl)I.[H+]. The van der Waals surface area contributed by atoms with Crippen LogP contribution in [0.15, 0.2) is 0 Å². The Kier molecular flexibility index (Phi) is 5.30. The summed E-state index contributed by atoms with van der Waals surface area (Å²) in [6.07, 6.45) is 1.25. The van der Waals surface area contributed by atoms with E-state index in [4.69, 9.17) is 11.1 Å². The van der Waals surface area contributed by atoms with Crippen molar-refractivity contribution in [2.24, 2.45) is 0 Å². The molecule has 0 N–H and O–H groups in total. The molecule has 1 unspecified atom stereocenters. The van der Waals surface area contributed by atoms with E-state index in [2.05, 4.69) is 28.7 Å². The van der Waals surface area contributed by atoms with Crippen LogP contribution in [0.5, 0.6) is 0 Å². The highest BCUT2D eigenvalue weighted by Crippen LogP contribution is 2.07. The molecule has 0 saturated carbocycles. The van der Waals surface area contributed by atoms with E-state index >= 15 is 0 Å². The normalized spacial score (nSPS) is 14.5. The second-order valence-corrected chi connectivity index (χ2v) is 10.8. The van der Waals surface area contributed by atoms with Gasteiger partial charge < -0.3 is 0 Å². The van der Waals surface area contributed by atoms with E-state index in [1.165, 1.54) is 12.5 Å². The Labute approximate surface area is 59.3 Å². The molecule has 0 fully saturated rings. The maximum absolute atomic E-state index is 5.70. The van der Waals surface area contributed by atoms with Gasteiger partial charge in [0.15, 0.2) is 0 Å². The van der Waals surface area contributed by atoms with Gasteiger partial charge in [0.1, 0.15) is 0 Å². The van der Waals surface area contributed by atoms with Crippen LogP contribution in [0.25, 0.3) is 0 Å². The highest BCUT2D eigenvalue weighted by Gasteiger charge is 1.94. The van der Waals surface area contributed by atoms with Crippen molar-refractivity contribution in [2.75, 3.05) is 0 Å². The molecule has 1 atom stereocenters. The first kappa shape index (κ1) is 7.24. The van der Waals surface area contributed by atoms with E-state index in [1.54, 1.807) is 0 Å². The van der Waals surface area contributed by atoms with Crippen LogP contribution in [-0.4, -0.2) is 5.60 Å². The van der Waals surface area contributed by atoms with Crippen LogP contribution in [0.1, 0.15) is 14.8 Å². The van der Waals surface area contributed by atoms with Crippen molar-refractivity contribution in [2.45, 2.75) is 19.4 Å². The van der Waals surface area contributed by atoms with Crippen molar-refractivity contribution >= 4 is 38.5 Å². The van der Waals surface area contributed by atoms with Gasteiger partial charge in [-0.15, -0.1) is 21.8 Å². The van der Waals surface area contributed by atoms with E-state index in [1.807, 2.05) is 0 Å². The molecule has 3 heteroatoms. The van der Waals surface area contributed by atoms with Crippen LogP contribution >= 0.6 is 32.9 Å². The fourth-order valence-electron chi connectivity index (χ4n) is 0.218. The lowest BCUT2D eigenvalue weighted by molar-refractivity contribution is 1.08. The quantitative estimate of drug-likeness (QED) is 0.392. The lowest BCUT2D eigenvalue weighted by Gasteiger charge is -1.88. The third-order valence-corrected chi connectivity index (χ3v) is 4.04. The third kappa shape index (κ3) is 5.24. The average Bonchev–Trinajstić information content (AvgIpc) is 1.35. The van der Waals surface area contributed by atoms with Gasteiger partial charge in [-0.25, -0.2) is 0 Å². The molecular weight excluding hydrogens is 226 g/mol. The second-order valence-electron chi connectivity index (χ2n) is 1.18. The summed E-state index contributed by atoms with van der Waals surface area (Å²) in [5, 5.41) is 0. The molecule has 0 amide bonds. The molecular formula is C3H9ClISi+. The van der Waals surface area contributed by atoms with Crippen LogP contribution in [0, 0.1) is 0 Å². The molecule has 38 valence electrons. The average molecular weight is 236 g/mol. The minimum Gasteiger partial charge on any atom is -0.158 e.